The van der Waals surface area contributed by atoms with Crippen LogP contribution in [0, 0.1) is 0 Å². The summed E-state index contributed by atoms with van der Waals surface area (Å²) in [5, 5.41) is 2.87. The van der Waals surface area contributed by atoms with Gasteiger partial charge in [0.15, 0.2) is 11.5 Å². The first kappa shape index (κ1) is 17.6. The fourth-order valence-corrected chi connectivity index (χ4v) is 3.39. The molecule has 0 bridgehead atoms. The molecule has 0 atom stereocenters. The lowest BCUT2D eigenvalue weighted by atomic mass is 10.2. The summed E-state index contributed by atoms with van der Waals surface area (Å²) < 4.78 is 22.5. The third-order valence-corrected chi connectivity index (χ3v) is 4.70. The standard InChI is InChI=1S/C20H22N2O5/c1-24-11-12-25-19-15(5-4-10-21-19)18(23)22-14-6-7-16-17(13-14)27-20(26-16)8-2-3-9-20/h4-7,10,13H,2-3,8-9,11-12H2,1H3,(H,22,23). The lowest BCUT2D eigenvalue weighted by Gasteiger charge is -2.21. The number of pyridine rings is 1. The van der Waals surface area contributed by atoms with E-state index in [1.165, 1.54) is 0 Å². The van der Waals surface area contributed by atoms with E-state index in [-0.39, 0.29) is 11.8 Å². The number of benzene rings is 1. The number of carbonyl (C=O) groups excluding carboxylic acids is 1. The Hall–Kier alpha value is -2.80. The van der Waals surface area contributed by atoms with E-state index in [9.17, 15) is 4.79 Å². The minimum Gasteiger partial charge on any atom is -0.475 e. The van der Waals surface area contributed by atoms with Crippen LogP contribution in [0.4, 0.5) is 5.69 Å². The van der Waals surface area contributed by atoms with E-state index in [0.29, 0.717) is 30.2 Å². The normalized spacial score (nSPS) is 16.5. The zero-order valence-corrected chi connectivity index (χ0v) is 15.2. The van der Waals surface area contributed by atoms with E-state index in [0.717, 1.165) is 31.4 Å². The Morgan fingerprint density at radius 2 is 2.00 bits per heavy atom. The molecular formula is C20H22N2O5. The first-order valence-corrected chi connectivity index (χ1v) is 9.09. The highest BCUT2D eigenvalue weighted by atomic mass is 16.7. The molecule has 7 heteroatoms. The molecule has 27 heavy (non-hydrogen) atoms. The van der Waals surface area contributed by atoms with Crippen molar-refractivity contribution in [2.45, 2.75) is 31.5 Å². The second kappa shape index (κ2) is 7.44. The van der Waals surface area contributed by atoms with Crippen molar-refractivity contribution in [1.82, 2.24) is 4.98 Å². The van der Waals surface area contributed by atoms with Crippen molar-refractivity contribution in [1.29, 1.82) is 0 Å². The van der Waals surface area contributed by atoms with Crippen molar-refractivity contribution < 1.29 is 23.7 Å². The molecule has 0 saturated heterocycles. The predicted octanol–water partition coefficient (Wildman–Crippen LogP) is 3.40. The van der Waals surface area contributed by atoms with Crippen LogP contribution in [0.5, 0.6) is 17.4 Å². The first-order valence-electron chi connectivity index (χ1n) is 9.09. The molecular weight excluding hydrogens is 348 g/mol. The van der Waals surface area contributed by atoms with E-state index in [2.05, 4.69) is 10.3 Å². The van der Waals surface area contributed by atoms with Gasteiger partial charge in [0.05, 0.1) is 6.61 Å². The van der Waals surface area contributed by atoms with Gasteiger partial charge in [-0.3, -0.25) is 4.79 Å². The molecule has 1 fully saturated rings. The first-order chi connectivity index (χ1) is 13.2. The van der Waals surface area contributed by atoms with E-state index in [4.69, 9.17) is 18.9 Å². The summed E-state index contributed by atoms with van der Waals surface area (Å²) in [5.74, 6) is 0.844. The number of fused-ring (bicyclic) bond motifs is 1. The number of nitrogens with zero attached hydrogens (tertiary/aromatic N) is 1. The molecule has 142 valence electrons. The average Bonchev–Trinajstić information content (AvgIpc) is 3.28. The van der Waals surface area contributed by atoms with Gasteiger partial charge in [-0.15, -0.1) is 0 Å². The van der Waals surface area contributed by atoms with Gasteiger partial charge in [-0.05, 0) is 37.1 Å². The van der Waals surface area contributed by atoms with Crippen LogP contribution in [0.15, 0.2) is 36.5 Å². The van der Waals surface area contributed by atoms with Crippen LogP contribution in [0.25, 0.3) is 0 Å². The zero-order chi connectivity index (χ0) is 18.7. The molecule has 1 aliphatic heterocycles. The van der Waals surface area contributed by atoms with Gasteiger partial charge in [-0.1, -0.05) is 0 Å². The van der Waals surface area contributed by atoms with Crippen LogP contribution in [0.3, 0.4) is 0 Å². The highest BCUT2D eigenvalue weighted by Gasteiger charge is 2.44. The molecule has 2 aliphatic rings. The summed E-state index contributed by atoms with van der Waals surface area (Å²) in [4.78, 5) is 16.8. The van der Waals surface area contributed by atoms with Crippen molar-refractivity contribution in [2.75, 3.05) is 25.6 Å². The fourth-order valence-electron chi connectivity index (χ4n) is 3.39. The van der Waals surface area contributed by atoms with Crippen LogP contribution >= 0.6 is 0 Å². The number of amides is 1. The van der Waals surface area contributed by atoms with Crippen molar-refractivity contribution in [2.24, 2.45) is 0 Å². The molecule has 1 amide bonds. The SMILES string of the molecule is COCCOc1ncccc1C(=O)Nc1ccc2c(c1)OC1(CCCC1)O2. The monoisotopic (exact) mass is 370 g/mol. The highest BCUT2D eigenvalue weighted by molar-refractivity contribution is 6.05. The van der Waals surface area contributed by atoms with Crippen LogP contribution in [-0.2, 0) is 4.74 Å². The van der Waals surface area contributed by atoms with Gasteiger partial charge in [0.25, 0.3) is 11.7 Å². The van der Waals surface area contributed by atoms with Gasteiger partial charge in [0, 0.05) is 37.9 Å². The Morgan fingerprint density at radius 1 is 1.19 bits per heavy atom. The highest BCUT2D eigenvalue weighted by Crippen LogP contribution is 2.47. The lowest BCUT2D eigenvalue weighted by molar-refractivity contribution is -0.0716. The van der Waals surface area contributed by atoms with Crippen molar-refractivity contribution in [3.8, 4) is 17.4 Å². The van der Waals surface area contributed by atoms with E-state index < -0.39 is 5.79 Å². The molecule has 2 heterocycles. The maximum absolute atomic E-state index is 12.7. The Bertz CT molecular complexity index is 833. The average molecular weight is 370 g/mol. The molecule has 1 N–H and O–H groups in total. The number of rotatable bonds is 6. The van der Waals surface area contributed by atoms with Crippen LogP contribution in [0.2, 0.25) is 0 Å². The second-order valence-electron chi connectivity index (χ2n) is 6.63. The molecule has 1 spiro atoms. The van der Waals surface area contributed by atoms with Crippen LogP contribution in [-0.4, -0.2) is 37.0 Å². The molecule has 0 radical (unpaired) electrons. The molecule has 1 saturated carbocycles. The van der Waals surface area contributed by atoms with Crippen molar-refractivity contribution >= 4 is 11.6 Å². The van der Waals surface area contributed by atoms with Gasteiger partial charge in [-0.2, -0.15) is 0 Å². The molecule has 7 nitrogen and oxygen atoms in total. The number of carbonyl (C=O) groups is 1. The zero-order valence-electron chi connectivity index (χ0n) is 15.2. The summed E-state index contributed by atoms with van der Waals surface area (Å²) in [6, 6.07) is 8.79. The number of methoxy groups -OCH3 is 1. The second-order valence-corrected chi connectivity index (χ2v) is 6.63. The Morgan fingerprint density at radius 3 is 2.81 bits per heavy atom. The van der Waals surface area contributed by atoms with E-state index in [1.807, 2.05) is 6.07 Å². The minimum atomic E-state index is -0.517. The molecule has 1 aromatic carbocycles. The summed E-state index contributed by atoms with van der Waals surface area (Å²) in [5.41, 5.74) is 0.989. The van der Waals surface area contributed by atoms with E-state index >= 15 is 0 Å². The summed E-state index contributed by atoms with van der Waals surface area (Å²) in [6.45, 7) is 0.738. The maximum Gasteiger partial charge on any atom is 0.261 e. The third kappa shape index (κ3) is 3.68. The summed E-state index contributed by atoms with van der Waals surface area (Å²) in [7, 11) is 1.59. The quantitative estimate of drug-likeness (QED) is 0.785. The number of aromatic nitrogens is 1. The van der Waals surface area contributed by atoms with Crippen LogP contribution < -0.4 is 19.5 Å². The third-order valence-electron chi connectivity index (χ3n) is 4.70. The number of nitrogens with one attached hydrogen (secondary N) is 1. The maximum atomic E-state index is 12.7. The fraction of sp³-hybridized carbons (Fsp3) is 0.400. The number of ether oxygens (including phenoxy) is 4. The lowest BCUT2D eigenvalue weighted by Crippen LogP contribution is -2.34. The smallest absolute Gasteiger partial charge is 0.261 e. The Labute approximate surface area is 157 Å². The molecule has 2 aromatic rings. The topological polar surface area (TPSA) is 78.9 Å². The molecule has 0 unspecified atom stereocenters. The van der Waals surface area contributed by atoms with Crippen molar-refractivity contribution in [3.63, 3.8) is 0 Å². The van der Waals surface area contributed by atoms with Gasteiger partial charge < -0.3 is 24.3 Å². The molecule has 1 aliphatic carbocycles. The number of anilines is 1. The summed E-state index contributed by atoms with van der Waals surface area (Å²) in [6.07, 6.45) is 5.57. The Kier molecular flexibility index (Phi) is 4.85. The molecule has 1 aromatic heterocycles. The van der Waals surface area contributed by atoms with Gasteiger partial charge in [0.1, 0.15) is 12.2 Å². The van der Waals surface area contributed by atoms with Crippen LogP contribution in [0.1, 0.15) is 36.0 Å². The Balaban J connectivity index is 1.47. The predicted molar refractivity (Wildman–Crippen MR) is 98.5 cm³/mol. The van der Waals surface area contributed by atoms with Gasteiger partial charge >= 0.3 is 0 Å². The minimum absolute atomic E-state index is 0.276. The largest absolute Gasteiger partial charge is 0.475 e. The van der Waals surface area contributed by atoms with Gasteiger partial charge in [-0.25, -0.2) is 4.98 Å². The molecule has 4 rings (SSSR count). The van der Waals surface area contributed by atoms with Crippen molar-refractivity contribution in [3.05, 3.63) is 42.1 Å². The van der Waals surface area contributed by atoms with E-state index in [1.54, 1.807) is 37.6 Å². The van der Waals surface area contributed by atoms with Gasteiger partial charge in [0.2, 0.25) is 5.88 Å². The summed E-state index contributed by atoms with van der Waals surface area (Å²) >= 11 is 0. The number of hydrogen-bond acceptors (Lipinski definition) is 6. The number of hydrogen-bond donors (Lipinski definition) is 1.